The minimum atomic E-state index is -0.427. The second-order valence-electron chi connectivity index (χ2n) is 5.75. The highest BCUT2D eigenvalue weighted by molar-refractivity contribution is 6.20. The van der Waals surface area contributed by atoms with Gasteiger partial charge in [-0.1, -0.05) is 64.7 Å². The van der Waals surface area contributed by atoms with Gasteiger partial charge in [0.2, 0.25) is 0 Å². The Bertz CT molecular complexity index is 393. The standard InChI is InChI=1S/C18H27ClF2/c1-2-3-4-5-6-7-8-9-10-11-17(19)16-14-15(20)12-13-18(16)21/h12-14,17H,2-11H2,1H3. The monoisotopic (exact) mass is 316 g/mol. The molecule has 0 aliphatic carbocycles. The zero-order valence-corrected chi connectivity index (χ0v) is 13.8. The molecule has 0 spiro atoms. The summed E-state index contributed by atoms with van der Waals surface area (Å²) in [7, 11) is 0. The average molecular weight is 317 g/mol. The molecule has 0 aromatic heterocycles. The molecule has 1 rings (SSSR count). The Morgan fingerprint density at radius 2 is 1.48 bits per heavy atom. The average Bonchev–Trinajstić information content (AvgIpc) is 2.48. The number of unbranched alkanes of at least 4 members (excludes halogenated alkanes) is 8. The van der Waals surface area contributed by atoms with Crippen LogP contribution in [-0.4, -0.2) is 0 Å². The lowest BCUT2D eigenvalue weighted by atomic mass is 10.0. The number of hydrogen-bond acceptors (Lipinski definition) is 0. The SMILES string of the molecule is CCCCCCCCCCCC(Cl)c1cc(F)ccc1F. The summed E-state index contributed by atoms with van der Waals surface area (Å²) in [5.41, 5.74) is 0.288. The molecule has 0 N–H and O–H groups in total. The van der Waals surface area contributed by atoms with Crippen LogP contribution < -0.4 is 0 Å². The third-order valence-corrected chi connectivity index (χ3v) is 4.31. The van der Waals surface area contributed by atoms with Crippen molar-refractivity contribution >= 4 is 11.6 Å². The van der Waals surface area contributed by atoms with Crippen LogP contribution in [-0.2, 0) is 0 Å². The predicted octanol–water partition coefficient (Wildman–Crippen LogP) is 7.17. The van der Waals surface area contributed by atoms with Gasteiger partial charge in [-0.15, -0.1) is 11.6 Å². The second-order valence-corrected chi connectivity index (χ2v) is 6.28. The lowest BCUT2D eigenvalue weighted by Gasteiger charge is -2.11. The van der Waals surface area contributed by atoms with Gasteiger partial charge in [0.1, 0.15) is 11.6 Å². The highest BCUT2D eigenvalue weighted by atomic mass is 35.5. The molecule has 0 nitrogen and oxygen atoms in total. The fourth-order valence-corrected chi connectivity index (χ4v) is 2.87. The van der Waals surface area contributed by atoms with Gasteiger partial charge in [-0.25, -0.2) is 8.78 Å². The van der Waals surface area contributed by atoms with Crippen LogP contribution in [0.4, 0.5) is 8.78 Å². The molecule has 0 amide bonds. The molecule has 0 saturated carbocycles. The number of rotatable bonds is 11. The molecule has 0 heterocycles. The molecule has 120 valence electrons. The summed E-state index contributed by atoms with van der Waals surface area (Å²) in [5, 5.41) is -0.426. The van der Waals surface area contributed by atoms with E-state index in [0.717, 1.165) is 25.0 Å². The fraction of sp³-hybridized carbons (Fsp3) is 0.667. The van der Waals surface area contributed by atoms with Gasteiger partial charge in [0.05, 0.1) is 5.38 Å². The molecule has 1 aromatic carbocycles. The third-order valence-electron chi connectivity index (χ3n) is 3.86. The first-order chi connectivity index (χ1) is 10.1. The molecule has 1 aromatic rings. The highest BCUT2D eigenvalue weighted by Crippen LogP contribution is 2.29. The van der Waals surface area contributed by atoms with Gasteiger partial charge in [-0.2, -0.15) is 0 Å². The van der Waals surface area contributed by atoms with E-state index in [1.807, 2.05) is 0 Å². The maximum atomic E-state index is 13.5. The van der Waals surface area contributed by atoms with Crippen LogP contribution in [0.5, 0.6) is 0 Å². The van der Waals surface area contributed by atoms with E-state index < -0.39 is 17.0 Å². The quantitative estimate of drug-likeness (QED) is 0.300. The largest absolute Gasteiger partial charge is 0.207 e. The van der Waals surface area contributed by atoms with Crippen molar-refractivity contribution in [3.63, 3.8) is 0 Å². The topological polar surface area (TPSA) is 0 Å². The summed E-state index contributed by atoms with van der Waals surface area (Å²) >= 11 is 6.17. The van der Waals surface area contributed by atoms with Crippen molar-refractivity contribution in [3.05, 3.63) is 35.4 Å². The van der Waals surface area contributed by atoms with E-state index in [0.29, 0.717) is 6.42 Å². The highest BCUT2D eigenvalue weighted by Gasteiger charge is 2.13. The summed E-state index contributed by atoms with van der Waals surface area (Å²) < 4.78 is 26.6. The van der Waals surface area contributed by atoms with Crippen molar-refractivity contribution in [3.8, 4) is 0 Å². The van der Waals surface area contributed by atoms with Gasteiger partial charge in [0.25, 0.3) is 0 Å². The van der Waals surface area contributed by atoms with E-state index in [2.05, 4.69) is 6.92 Å². The van der Waals surface area contributed by atoms with Crippen molar-refractivity contribution in [1.82, 2.24) is 0 Å². The second kappa shape index (κ2) is 11.0. The minimum Gasteiger partial charge on any atom is -0.207 e. The molecule has 1 atom stereocenters. The maximum Gasteiger partial charge on any atom is 0.128 e. The van der Waals surface area contributed by atoms with Crippen LogP contribution >= 0.6 is 11.6 Å². The molecule has 0 aliphatic rings. The molecular formula is C18H27ClF2. The van der Waals surface area contributed by atoms with E-state index >= 15 is 0 Å². The molecule has 0 saturated heterocycles. The lowest BCUT2D eigenvalue weighted by Crippen LogP contribution is -1.96. The van der Waals surface area contributed by atoms with Crippen LogP contribution in [0, 0.1) is 11.6 Å². The van der Waals surface area contributed by atoms with Crippen LogP contribution in [0.3, 0.4) is 0 Å². The van der Waals surface area contributed by atoms with Gasteiger partial charge < -0.3 is 0 Å². The predicted molar refractivity (Wildman–Crippen MR) is 86.8 cm³/mol. The summed E-state index contributed by atoms with van der Waals surface area (Å²) in [4.78, 5) is 0. The molecule has 0 aliphatic heterocycles. The summed E-state index contributed by atoms with van der Waals surface area (Å²) in [6.07, 6.45) is 11.9. The Morgan fingerprint density at radius 1 is 0.905 bits per heavy atom. The van der Waals surface area contributed by atoms with E-state index in [4.69, 9.17) is 11.6 Å². The van der Waals surface area contributed by atoms with Gasteiger partial charge >= 0.3 is 0 Å². The molecular weight excluding hydrogens is 290 g/mol. The van der Waals surface area contributed by atoms with Gasteiger partial charge in [0, 0.05) is 5.56 Å². The van der Waals surface area contributed by atoms with Crippen molar-refractivity contribution in [2.24, 2.45) is 0 Å². The zero-order chi connectivity index (χ0) is 15.5. The van der Waals surface area contributed by atoms with Gasteiger partial charge in [-0.05, 0) is 24.6 Å². The Labute approximate surface area is 132 Å². The Balaban J connectivity index is 2.11. The zero-order valence-electron chi connectivity index (χ0n) is 13.0. The van der Waals surface area contributed by atoms with Crippen molar-refractivity contribution < 1.29 is 8.78 Å². The van der Waals surface area contributed by atoms with Crippen molar-refractivity contribution in [2.45, 2.75) is 76.5 Å². The normalized spacial score (nSPS) is 12.6. The van der Waals surface area contributed by atoms with E-state index in [1.54, 1.807) is 0 Å². The molecule has 0 radical (unpaired) electrons. The Hall–Kier alpha value is -0.630. The molecule has 0 bridgehead atoms. The van der Waals surface area contributed by atoms with Crippen LogP contribution in [0.1, 0.15) is 82.1 Å². The maximum absolute atomic E-state index is 13.5. The first kappa shape index (κ1) is 18.4. The van der Waals surface area contributed by atoms with Crippen LogP contribution in [0.25, 0.3) is 0 Å². The van der Waals surface area contributed by atoms with E-state index in [-0.39, 0.29) is 5.56 Å². The van der Waals surface area contributed by atoms with E-state index in [1.165, 1.54) is 51.0 Å². The first-order valence-corrected chi connectivity index (χ1v) is 8.67. The number of hydrogen-bond donors (Lipinski definition) is 0. The molecule has 21 heavy (non-hydrogen) atoms. The Morgan fingerprint density at radius 3 is 2.10 bits per heavy atom. The first-order valence-electron chi connectivity index (χ1n) is 8.24. The van der Waals surface area contributed by atoms with Gasteiger partial charge in [-0.3, -0.25) is 0 Å². The third kappa shape index (κ3) is 7.80. The smallest absolute Gasteiger partial charge is 0.128 e. The fourth-order valence-electron chi connectivity index (χ4n) is 2.54. The lowest BCUT2D eigenvalue weighted by molar-refractivity contribution is 0.543. The number of benzene rings is 1. The van der Waals surface area contributed by atoms with Crippen LogP contribution in [0.2, 0.25) is 0 Å². The summed E-state index contributed by atoms with van der Waals surface area (Å²) in [6, 6.07) is 3.48. The Kier molecular flexibility index (Phi) is 9.65. The molecule has 3 heteroatoms. The summed E-state index contributed by atoms with van der Waals surface area (Å²) in [6.45, 7) is 2.23. The number of alkyl halides is 1. The van der Waals surface area contributed by atoms with E-state index in [9.17, 15) is 8.78 Å². The van der Waals surface area contributed by atoms with Crippen molar-refractivity contribution in [1.29, 1.82) is 0 Å². The van der Waals surface area contributed by atoms with Crippen molar-refractivity contribution in [2.75, 3.05) is 0 Å². The molecule has 0 fully saturated rings. The van der Waals surface area contributed by atoms with Crippen LogP contribution in [0.15, 0.2) is 18.2 Å². The minimum absolute atomic E-state index is 0.288. The van der Waals surface area contributed by atoms with Gasteiger partial charge in [0.15, 0.2) is 0 Å². The number of halogens is 3. The summed E-state index contributed by atoms with van der Waals surface area (Å²) in [5.74, 6) is -0.837. The molecule has 1 unspecified atom stereocenters.